The van der Waals surface area contributed by atoms with Crippen molar-refractivity contribution in [2.45, 2.75) is 4.90 Å². The van der Waals surface area contributed by atoms with Crippen molar-refractivity contribution in [1.29, 1.82) is 0 Å². The fraction of sp³-hybridized carbons (Fsp3) is 0.0833. The second kappa shape index (κ2) is 10.1. The number of carbonyl (C=O) groups excluding carboxylic acids is 1. The Morgan fingerprint density at radius 3 is 2.34 bits per heavy atom. The molecule has 11 heteroatoms. The Balaban J connectivity index is 1.45. The number of anilines is 2. The van der Waals surface area contributed by atoms with Gasteiger partial charge in [0.15, 0.2) is 5.13 Å². The molecule has 180 valence electrons. The zero-order valence-electron chi connectivity index (χ0n) is 18.6. The number of hydrogen-bond acceptors (Lipinski definition) is 7. The molecule has 0 saturated heterocycles. The normalized spacial score (nSPS) is 11.1. The third-order valence-corrected chi connectivity index (χ3v) is 7.09. The van der Waals surface area contributed by atoms with E-state index in [1.54, 1.807) is 37.8 Å². The Kier molecular flexibility index (Phi) is 6.99. The lowest BCUT2D eigenvalue weighted by molar-refractivity contribution is 0.102. The SMILES string of the molecule is COc1ccc(OC)c(-c2csc(NC(=O)c3ccc(NS(=O)(=O)c4ccc(F)cc4)cc3)n2)c1. The van der Waals surface area contributed by atoms with E-state index in [-0.39, 0.29) is 10.6 Å². The van der Waals surface area contributed by atoms with E-state index >= 15 is 0 Å². The van der Waals surface area contributed by atoms with Gasteiger partial charge in [-0.2, -0.15) is 0 Å². The molecule has 0 aliphatic heterocycles. The highest BCUT2D eigenvalue weighted by Gasteiger charge is 2.16. The number of carbonyl (C=O) groups is 1. The first-order chi connectivity index (χ1) is 16.8. The number of aromatic nitrogens is 1. The Morgan fingerprint density at radius 1 is 0.971 bits per heavy atom. The van der Waals surface area contributed by atoms with Gasteiger partial charge in [0.25, 0.3) is 15.9 Å². The van der Waals surface area contributed by atoms with Crippen LogP contribution in [0.2, 0.25) is 0 Å². The molecule has 0 bridgehead atoms. The van der Waals surface area contributed by atoms with Crippen molar-refractivity contribution in [1.82, 2.24) is 4.98 Å². The quantitative estimate of drug-likeness (QED) is 0.343. The third-order valence-electron chi connectivity index (χ3n) is 4.93. The van der Waals surface area contributed by atoms with Crippen molar-refractivity contribution >= 4 is 38.1 Å². The lowest BCUT2D eigenvalue weighted by atomic mass is 10.1. The summed E-state index contributed by atoms with van der Waals surface area (Å²) in [7, 11) is -0.765. The van der Waals surface area contributed by atoms with E-state index in [1.807, 2.05) is 0 Å². The average molecular weight is 514 g/mol. The molecule has 0 radical (unpaired) electrons. The van der Waals surface area contributed by atoms with Crippen LogP contribution in [-0.2, 0) is 10.0 Å². The van der Waals surface area contributed by atoms with Crippen LogP contribution in [0.1, 0.15) is 10.4 Å². The molecule has 0 atom stereocenters. The van der Waals surface area contributed by atoms with Crippen molar-refractivity contribution in [2.24, 2.45) is 0 Å². The van der Waals surface area contributed by atoms with E-state index < -0.39 is 21.7 Å². The van der Waals surface area contributed by atoms with Crippen molar-refractivity contribution in [3.8, 4) is 22.8 Å². The summed E-state index contributed by atoms with van der Waals surface area (Å²) in [4.78, 5) is 17.1. The summed E-state index contributed by atoms with van der Waals surface area (Å²) in [6.07, 6.45) is 0. The molecule has 0 saturated carbocycles. The summed E-state index contributed by atoms with van der Waals surface area (Å²) < 4.78 is 51.0. The number of amides is 1. The Morgan fingerprint density at radius 2 is 1.69 bits per heavy atom. The average Bonchev–Trinajstić information content (AvgIpc) is 3.32. The summed E-state index contributed by atoms with van der Waals surface area (Å²) in [6, 6.07) is 15.7. The number of methoxy groups -OCH3 is 2. The standard InChI is InChI=1S/C24H20FN3O5S2/c1-32-18-9-12-22(33-2)20(13-18)21-14-34-24(26-21)27-23(29)15-3-7-17(8-4-15)28-35(30,31)19-10-5-16(25)6-11-19/h3-14,28H,1-2H3,(H,26,27,29). The molecule has 3 aromatic carbocycles. The van der Waals surface area contributed by atoms with Crippen LogP contribution in [0.25, 0.3) is 11.3 Å². The van der Waals surface area contributed by atoms with Crippen LogP contribution in [0.3, 0.4) is 0 Å². The number of sulfonamides is 1. The fourth-order valence-corrected chi connectivity index (χ4v) is 4.92. The van der Waals surface area contributed by atoms with Gasteiger partial charge >= 0.3 is 0 Å². The van der Waals surface area contributed by atoms with Gasteiger partial charge in [0.2, 0.25) is 0 Å². The van der Waals surface area contributed by atoms with Crippen molar-refractivity contribution in [2.75, 3.05) is 24.3 Å². The molecule has 1 heterocycles. The van der Waals surface area contributed by atoms with Crippen molar-refractivity contribution in [3.05, 3.63) is 83.5 Å². The first-order valence-corrected chi connectivity index (χ1v) is 12.5. The molecular weight excluding hydrogens is 493 g/mol. The van der Waals surface area contributed by atoms with Crippen LogP contribution in [-0.4, -0.2) is 33.5 Å². The minimum absolute atomic E-state index is 0.0760. The molecule has 2 N–H and O–H groups in total. The second-order valence-electron chi connectivity index (χ2n) is 7.20. The highest BCUT2D eigenvalue weighted by atomic mass is 32.2. The molecular formula is C24H20FN3O5S2. The highest BCUT2D eigenvalue weighted by Crippen LogP contribution is 2.35. The van der Waals surface area contributed by atoms with Gasteiger partial charge < -0.3 is 9.47 Å². The molecule has 0 spiro atoms. The number of thiazole rings is 1. The second-order valence-corrected chi connectivity index (χ2v) is 9.74. The molecule has 35 heavy (non-hydrogen) atoms. The van der Waals surface area contributed by atoms with Gasteiger partial charge in [0.05, 0.1) is 24.8 Å². The van der Waals surface area contributed by atoms with E-state index in [0.29, 0.717) is 27.9 Å². The summed E-state index contributed by atoms with van der Waals surface area (Å²) >= 11 is 1.25. The number of ether oxygens (including phenoxy) is 2. The van der Waals surface area contributed by atoms with Crippen LogP contribution < -0.4 is 19.5 Å². The van der Waals surface area contributed by atoms with Gasteiger partial charge in [-0.3, -0.25) is 14.8 Å². The molecule has 1 aromatic heterocycles. The number of halogens is 1. The fourth-order valence-electron chi connectivity index (χ4n) is 3.16. The van der Waals surface area contributed by atoms with Gasteiger partial charge in [-0.1, -0.05) is 0 Å². The Bertz CT molecular complexity index is 1450. The number of nitrogens with zero attached hydrogens (tertiary/aromatic N) is 1. The summed E-state index contributed by atoms with van der Waals surface area (Å²) in [5.74, 6) is 0.327. The summed E-state index contributed by atoms with van der Waals surface area (Å²) in [5.41, 5.74) is 1.91. The van der Waals surface area contributed by atoms with Gasteiger partial charge in [-0.25, -0.2) is 17.8 Å². The maximum absolute atomic E-state index is 13.1. The zero-order chi connectivity index (χ0) is 25.0. The zero-order valence-corrected chi connectivity index (χ0v) is 20.2. The van der Waals surface area contributed by atoms with Gasteiger partial charge in [0.1, 0.15) is 17.3 Å². The smallest absolute Gasteiger partial charge is 0.261 e. The van der Waals surface area contributed by atoms with E-state index in [0.717, 1.165) is 17.7 Å². The molecule has 0 aliphatic rings. The first kappa shape index (κ1) is 24.2. The Labute approximate surface area is 205 Å². The third kappa shape index (κ3) is 5.58. The number of rotatable bonds is 8. The van der Waals surface area contributed by atoms with Crippen LogP contribution in [0.4, 0.5) is 15.2 Å². The predicted molar refractivity (Wildman–Crippen MR) is 132 cm³/mol. The van der Waals surface area contributed by atoms with Gasteiger partial charge in [0, 0.05) is 22.2 Å². The number of benzene rings is 3. The summed E-state index contributed by atoms with van der Waals surface area (Å²) in [5, 5.41) is 4.91. The molecule has 0 aliphatic carbocycles. The van der Waals surface area contributed by atoms with Crippen LogP contribution in [0.15, 0.2) is 77.0 Å². The molecule has 4 rings (SSSR count). The minimum atomic E-state index is -3.89. The van der Waals surface area contributed by atoms with E-state index in [1.165, 1.54) is 47.7 Å². The monoisotopic (exact) mass is 513 g/mol. The predicted octanol–water partition coefficient (Wildman–Crippen LogP) is 5.02. The molecule has 1 amide bonds. The van der Waals surface area contributed by atoms with Crippen LogP contribution in [0, 0.1) is 5.82 Å². The largest absolute Gasteiger partial charge is 0.497 e. The highest BCUT2D eigenvalue weighted by molar-refractivity contribution is 7.92. The molecule has 0 unspecified atom stereocenters. The van der Waals surface area contributed by atoms with Crippen LogP contribution >= 0.6 is 11.3 Å². The molecule has 8 nitrogen and oxygen atoms in total. The van der Waals surface area contributed by atoms with Crippen molar-refractivity contribution < 1.29 is 27.1 Å². The molecule has 4 aromatic rings. The van der Waals surface area contributed by atoms with E-state index in [9.17, 15) is 17.6 Å². The molecule has 0 fully saturated rings. The van der Waals surface area contributed by atoms with E-state index in [4.69, 9.17) is 9.47 Å². The summed E-state index contributed by atoms with van der Waals surface area (Å²) in [6.45, 7) is 0. The lowest BCUT2D eigenvalue weighted by Crippen LogP contribution is -2.14. The van der Waals surface area contributed by atoms with E-state index in [2.05, 4.69) is 15.0 Å². The Hall–Kier alpha value is -3.96. The minimum Gasteiger partial charge on any atom is -0.497 e. The van der Waals surface area contributed by atoms with Crippen molar-refractivity contribution in [3.63, 3.8) is 0 Å². The lowest BCUT2D eigenvalue weighted by Gasteiger charge is -2.09. The number of hydrogen-bond donors (Lipinski definition) is 2. The topological polar surface area (TPSA) is 107 Å². The van der Waals surface area contributed by atoms with Gasteiger partial charge in [-0.15, -0.1) is 11.3 Å². The maximum atomic E-state index is 13.1. The number of nitrogens with one attached hydrogen (secondary N) is 2. The van der Waals surface area contributed by atoms with Crippen LogP contribution in [0.5, 0.6) is 11.5 Å². The first-order valence-electron chi connectivity index (χ1n) is 10.2. The maximum Gasteiger partial charge on any atom is 0.261 e. The van der Waals surface area contributed by atoms with Gasteiger partial charge in [-0.05, 0) is 66.7 Å².